The lowest BCUT2D eigenvalue weighted by atomic mass is 10.2. The average Bonchev–Trinajstić information content (AvgIpc) is 2.33. The number of aryl methyl sites for hydroxylation is 1. The summed E-state index contributed by atoms with van der Waals surface area (Å²) in [7, 11) is 0. The number of nitrogens with zero attached hydrogens (tertiary/aromatic N) is 1. The maximum absolute atomic E-state index is 4.11. The van der Waals surface area contributed by atoms with Crippen molar-refractivity contribution in [3.8, 4) is 0 Å². The van der Waals surface area contributed by atoms with E-state index in [-0.39, 0.29) is 0 Å². The number of hydrogen-bond donors (Lipinski definition) is 1. The average molecular weight is 258 g/mol. The van der Waals surface area contributed by atoms with Crippen molar-refractivity contribution in [2.45, 2.75) is 6.92 Å². The molecule has 0 saturated carbocycles. The molecule has 1 N–H and O–H groups in total. The lowest BCUT2D eigenvalue weighted by molar-refractivity contribution is 1.07. The van der Waals surface area contributed by atoms with Crippen LogP contribution in [0.5, 0.6) is 0 Å². The van der Waals surface area contributed by atoms with Gasteiger partial charge in [-0.3, -0.25) is 5.10 Å². The number of aromatic amines is 1. The van der Waals surface area contributed by atoms with E-state index in [1.54, 1.807) is 0 Å². The highest BCUT2D eigenvalue weighted by Crippen LogP contribution is 2.17. The lowest BCUT2D eigenvalue weighted by Gasteiger charge is -1.89. The molecule has 0 fully saturated rings. The molecule has 0 aliphatic carbocycles. The molecule has 3 heteroatoms. The third kappa shape index (κ3) is 1.13. The van der Waals surface area contributed by atoms with Crippen LogP contribution in [-0.2, 0) is 0 Å². The molecule has 2 aromatic rings. The van der Waals surface area contributed by atoms with Crippen molar-refractivity contribution in [2.75, 3.05) is 0 Å². The maximum atomic E-state index is 4.11. The topological polar surface area (TPSA) is 28.7 Å². The van der Waals surface area contributed by atoms with Crippen LogP contribution in [0.4, 0.5) is 0 Å². The van der Waals surface area contributed by atoms with E-state index < -0.39 is 0 Å². The molecule has 1 heterocycles. The number of fused-ring (bicyclic) bond motifs is 1. The van der Waals surface area contributed by atoms with Crippen LogP contribution in [0.3, 0.4) is 0 Å². The summed E-state index contributed by atoms with van der Waals surface area (Å²) in [5, 5.41) is 8.29. The molecule has 1 aromatic carbocycles. The van der Waals surface area contributed by atoms with Gasteiger partial charge in [0.1, 0.15) is 0 Å². The highest BCUT2D eigenvalue weighted by molar-refractivity contribution is 14.1. The number of hydrogen-bond acceptors (Lipinski definition) is 1. The SMILES string of the molecule is Cc1n[nH]c2ccc(I)cc12. The van der Waals surface area contributed by atoms with Gasteiger partial charge in [0.25, 0.3) is 0 Å². The van der Waals surface area contributed by atoms with Crippen molar-refractivity contribution in [3.05, 3.63) is 27.5 Å². The number of aromatic nitrogens is 2. The van der Waals surface area contributed by atoms with Crippen LogP contribution in [0.1, 0.15) is 5.69 Å². The minimum absolute atomic E-state index is 1.07. The van der Waals surface area contributed by atoms with E-state index >= 15 is 0 Å². The standard InChI is InChI=1S/C8H7IN2/c1-5-7-4-6(9)2-3-8(7)11-10-5/h2-4H,1H3,(H,10,11). The van der Waals surface area contributed by atoms with Gasteiger partial charge in [0.15, 0.2) is 0 Å². The van der Waals surface area contributed by atoms with Crippen molar-refractivity contribution >= 4 is 33.5 Å². The number of nitrogens with one attached hydrogen (secondary N) is 1. The minimum Gasteiger partial charge on any atom is -0.278 e. The van der Waals surface area contributed by atoms with Crippen molar-refractivity contribution in [2.24, 2.45) is 0 Å². The predicted octanol–water partition coefficient (Wildman–Crippen LogP) is 2.48. The Morgan fingerprint density at radius 1 is 1.45 bits per heavy atom. The Kier molecular flexibility index (Phi) is 1.60. The number of H-pyrrole nitrogens is 1. The van der Waals surface area contributed by atoms with Gasteiger partial charge in [-0.1, -0.05) is 0 Å². The van der Waals surface area contributed by atoms with Gasteiger partial charge >= 0.3 is 0 Å². The van der Waals surface area contributed by atoms with Gasteiger partial charge in [-0.2, -0.15) is 5.10 Å². The van der Waals surface area contributed by atoms with Crippen LogP contribution in [0.15, 0.2) is 18.2 Å². The first-order valence-electron chi connectivity index (χ1n) is 3.37. The fourth-order valence-electron chi connectivity index (χ4n) is 1.12. The fourth-order valence-corrected chi connectivity index (χ4v) is 1.61. The van der Waals surface area contributed by atoms with Crippen molar-refractivity contribution in [1.29, 1.82) is 0 Å². The molecular weight excluding hydrogens is 251 g/mol. The Morgan fingerprint density at radius 3 is 3.09 bits per heavy atom. The van der Waals surface area contributed by atoms with Gasteiger partial charge in [-0.05, 0) is 47.7 Å². The van der Waals surface area contributed by atoms with E-state index in [0.29, 0.717) is 0 Å². The normalized spacial score (nSPS) is 10.7. The van der Waals surface area contributed by atoms with Crippen molar-refractivity contribution in [1.82, 2.24) is 10.2 Å². The highest BCUT2D eigenvalue weighted by atomic mass is 127. The molecule has 2 nitrogen and oxygen atoms in total. The smallest absolute Gasteiger partial charge is 0.0670 e. The predicted molar refractivity (Wildman–Crippen MR) is 53.5 cm³/mol. The first-order chi connectivity index (χ1) is 5.27. The molecule has 0 bridgehead atoms. The van der Waals surface area contributed by atoms with E-state index in [4.69, 9.17) is 0 Å². The van der Waals surface area contributed by atoms with Gasteiger partial charge in [0.2, 0.25) is 0 Å². The summed E-state index contributed by atoms with van der Waals surface area (Å²) in [6.45, 7) is 2.01. The van der Waals surface area contributed by atoms with Crippen molar-refractivity contribution < 1.29 is 0 Å². The second-order valence-corrected chi connectivity index (χ2v) is 3.74. The molecule has 2 rings (SSSR count). The van der Waals surface area contributed by atoms with Gasteiger partial charge < -0.3 is 0 Å². The molecule has 0 amide bonds. The Labute approximate surface area is 78.1 Å². The summed E-state index contributed by atoms with van der Waals surface area (Å²) < 4.78 is 1.25. The van der Waals surface area contributed by atoms with Crippen LogP contribution in [0.25, 0.3) is 10.9 Å². The summed E-state index contributed by atoms with van der Waals surface area (Å²) >= 11 is 2.30. The molecule has 0 radical (unpaired) electrons. The number of halogens is 1. The van der Waals surface area contributed by atoms with Crippen LogP contribution in [-0.4, -0.2) is 10.2 Å². The molecule has 0 spiro atoms. The summed E-state index contributed by atoms with van der Waals surface area (Å²) in [6.07, 6.45) is 0. The molecule has 0 unspecified atom stereocenters. The molecule has 0 saturated heterocycles. The molecule has 11 heavy (non-hydrogen) atoms. The van der Waals surface area contributed by atoms with E-state index in [1.807, 2.05) is 6.92 Å². The van der Waals surface area contributed by atoms with E-state index in [0.717, 1.165) is 11.2 Å². The second kappa shape index (κ2) is 2.48. The zero-order chi connectivity index (χ0) is 7.84. The summed E-state index contributed by atoms with van der Waals surface area (Å²) in [6, 6.07) is 6.26. The van der Waals surface area contributed by atoms with Gasteiger partial charge in [0, 0.05) is 8.96 Å². The van der Waals surface area contributed by atoms with Crippen LogP contribution in [0, 0.1) is 10.5 Å². The Hall–Kier alpha value is -0.580. The summed E-state index contributed by atoms with van der Waals surface area (Å²) in [4.78, 5) is 0. The van der Waals surface area contributed by atoms with Crippen LogP contribution >= 0.6 is 22.6 Å². The van der Waals surface area contributed by atoms with Crippen LogP contribution < -0.4 is 0 Å². The summed E-state index contributed by atoms with van der Waals surface area (Å²) in [5.41, 5.74) is 2.18. The van der Waals surface area contributed by atoms with Gasteiger partial charge in [-0.15, -0.1) is 0 Å². The number of rotatable bonds is 0. The van der Waals surface area contributed by atoms with E-state index in [1.165, 1.54) is 8.96 Å². The van der Waals surface area contributed by atoms with Gasteiger partial charge in [-0.25, -0.2) is 0 Å². The lowest BCUT2D eigenvalue weighted by Crippen LogP contribution is -1.71. The molecule has 0 aliphatic heterocycles. The quantitative estimate of drug-likeness (QED) is 0.722. The third-order valence-electron chi connectivity index (χ3n) is 1.72. The molecule has 1 aromatic heterocycles. The zero-order valence-corrected chi connectivity index (χ0v) is 8.21. The highest BCUT2D eigenvalue weighted by Gasteiger charge is 1.99. The number of benzene rings is 1. The summed E-state index contributed by atoms with van der Waals surface area (Å²) in [5.74, 6) is 0. The fraction of sp³-hybridized carbons (Fsp3) is 0.125. The first-order valence-corrected chi connectivity index (χ1v) is 4.45. The molecule has 0 atom stereocenters. The van der Waals surface area contributed by atoms with Gasteiger partial charge in [0.05, 0.1) is 11.2 Å². The minimum atomic E-state index is 1.07. The second-order valence-electron chi connectivity index (χ2n) is 2.50. The molecule has 56 valence electrons. The zero-order valence-electron chi connectivity index (χ0n) is 6.06. The Morgan fingerprint density at radius 2 is 2.27 bits per heavy atom. The molecular formula is C8H7IN2. The van der Waals surface area contributed by atoms with Crippen LogP contribution in [0.2, 0.25) is 0 Å². The monoisotopic (exact) mass is 258 g/mol. The Bertz CT molecular complexity index is 392. The third-order valence-corrected chi connectivity index (χ3v) is 2.39. The molecule has 0 aliphatic rings. The Balaban J connectivity index is 2.87. The maximum Gasteiger partial charge on any atom is 0.0670 e. The largest absolute Gasteiger partial charge is 0.278 e. The van der Waals surface area contributed by atoms with Crippen molar-refractivity contribution in [3.63, 3.8) is 0 Å². The van der Waals surface area contributed by atoms with E-state index in [2.05, 4.69) is 51.0 Å². The van der Waals surface area contributed by atoms with E-state index in [9.17, 15) is 0 Å². The first kappa shape index (κ1) is 7.09.